The lowest BCUT2D eigenvalue weighted by Gasteiger charge is -2.34. The van der Waals surface area contributed by atoms with Crippen LogP contribution in [0.15, 0.2) is 108 Å². The monoisotopic (exact) mass is 669 g/mol. The second-order valence-electron chi connectivity index (χ2n) is 10.9. The number of anilines is 1. The average molecular weight is 671 g/mol. The van der Waals surface area contributed by atoms with Gasteiger partial charge in [-0.2, -0.15) is 0 Å². The smallest absolute Gasteiger partial charge is 0.264 e. The Morgan fingerprint density at radius 3 is 2.04 bits per heavy atom. The fraction of sp³-hybridized carbons (Fsp3) is 0.235. The second-order valence-corrected chi connectivity index (χ2v) is 13.6. The predicted octanol–water partition coefficient (Wildman–Crippen LogP) is 6.74. The molecule has 0 aliphatic carbocycles. The zero-order valence-electron chi connectivity index (χ0n) is 24.9. The van der Waals surface area contributed by atoms with Crippen LogP contribution in [0.1, 0.15) is 25.0 Å². The Labute approximate surface area is 273 Å². The molecule has 1 atom stereocenters. The summed E-state index contributed by atoms with van der Waals surface area (Å²) in [4.78, 5) is 29.5. The normalized spacial score (nSPS) is 12.0. The Balaban J connectivity index is 1.80. The lowest BCUT2D eigenvalue weighted by atomic mass is 10.0. The number of benzene rings is 4. The molecule has 0 bridgehead atoms. The first kappa shape index (κ1) is 34.0. The Morgan fingerprint density at radius 1 is 0.822 bits per heavy atom. The van der Waals surface area contributed by atoms with Crippen LogP contribution in [-0.4, -0.2) is 44.3 Å². The molecule has 0 heterocycles. The first-order valence-corrected chi connectivity index (χ1v) is 16.5. The van der Waals surface area contributed by atoms with E-state index in [1.165, 1.54) is 59.5 Å². The summed E-state index contributed by atoms with van der Waals surface area (Å²) in [5.74, 6) is -1.35. The van der Waals surface area contributed by atoms with Gasteiger partial charge in [-0.3, -0.25) is 13.9 Å². The molecule has 0 saturated carbocycles. The SMILES string of the molecule is CC(C)CNC(=O)[C@H](Cc1ccccc1)N(Cc1ccc(F)cc1)C(=O)CN(c1ccc(Cl)c(Cl)c1)S(=O)(=O)c1ccccc1. The van der Waals surface area contributed by atoms with Gasteiger partial charge in [0.2, 0.25) is 11.8 Å². The number of amides is 2. The van der Waals surface area contributed by atoms with Gasteiger partial charge in [0, 0.05) is 19.5 Å². The molecular formula is C34H34Cl2FN3O4S. The van der Waals surface area contributed by atoms with Crippen LogP contribution in [0.5, 0.6) is 0 Å². The second kappa shape index (κ2) is 15.4. The van der Waals surface area contributed by atoms with Gasteiger partial charge < -0.3 is 10.2 Å². The van der Waals surface area contributed by atoms with E-state index in [9.17, 15) is 22.4 Å². The minimum atomic E-state index is -4.28. The summed E-state index contributed by atoms with van der Waals surface area (Å²) in [6.07, 6.45) is 0.163. The Kier molecular flexibility index (Phi) is 11.6. The third kappa shape index (κ3) is 9.06. The molecule has 236 valence electrons. The lowest BCUT2D eigenvalue weighted by molar-refractivity contribution is -0.140. The number of sulfonamides is 1. The zero-order chi connectivity index (χ0) is 32.6. The minimum absolute atomic E-state index is 0.0375. The van der Waals surface area contributed by atoms with Gasteiger partial charge in [0.25, 0.3) is 10.0 Å². The number of nitrogens with zero attached hydrogens (tertiary/aromatic N) is 2. The molecule has 0 saturated heterocycles. The van der Waals surface area contributed by atoms with Crippen molar-refractivity contribution >= 4 is 50.7 Å². The molecule has 0 fully saturated rings. The Bertz CT molecular complexity index is 1710. The highest BCUT2D eigenvalue weighted by atomic mass is 35.5. The Hall–Kier alpha value is -3.92. The van der Waals surface area contributed by atoms with Crippen molar-refractivity contribution in [2.45, 2.75) is 37.8 Å². The summed E-state index contributed by atoms with van der Waals surface area (Å²) < 4.78 is 42.8. The fourth-order valence-electron chi connectivity index (χ4n) is 4.65. The first-order chi connectivity index (χ1) is 21.5. The summed E-state index contributed by atoms with van der Waals surface area (Å²) in [5, 5.41) is 3.25. The van der Waals surface area contributed by atoms with Gasteiger partial charge in [0.05, 0.1) is 20.6 Å². The molecule has 7 nitrogen and oxygen atoms in total. The number of hydrogen-bond donors (Lipinski definition) is 1. The maximum absolute atomic E-state index is 14.4. The van der Waals surface area contributed by atoms with E-state index < -0.39 is 40.2 Å². The van der Waals surface area contributed by atoms with Gasteiger partial charge in [-0.25, -0.2) is 12.8 Å². The van der Waals surface area contributed by atoms with E-state index in [2.05, 4.69) is 5.32 Å². The molecule has 0 aromatic heterocycles. The molecule has 45 heavy (non-hydrogen) atoms. The highest BCUT2D eigenvalue weighted by molar-refractivity contribution is 7.92. The van der Waals surface area contributed by atoms with Crippen molar-refractivity contribution in [3.8, 4) is 0 Å². The summed E-state index contributed by atoms with van der Waals surface area (Å²) >= 11 is 12.4. The van der Waals surface area contributed by atoms with Crippen molar-refractivity contribution in [3.05, 3.63) is 130 Å². The summed E-state index contributed by atoms with van der Waals surface area (Å²) in [6, 6.07) is 25.8. The minimum Gasteiger partial charge on any atom is -0.354 e. The predicted molar refractivity (Wildman–Crippen MR) is 176 cm³/mol. The summed E-state index contributed by atoms with van der Waals surface area (Å²) in [6.45, 7) is 3.56. The third-order valence-corrected chi connectivity index (χ3v) is 9.55. The van der Waals surface area contributed by atoms with E-state index in [0.717, 1.165) is 9.87 Å². The molecule has 0 aliphatic rings. The number of carbonyl (C=O) groups is 2. The standard InChI is InChI=1S/C34H34Cl2FN3O4S/c1-24(2)21-38-34(42)32(19-25-9-5-3-6-10-25)39(22-26-13-15-27(37)16-14-26)33(41)23-40(28-17-18-30(35)31(36)20-28)45(43,44)29-11-7-4-8-12-29/h3-18,20,24,32H,19,21-23H2,1-2H3,(H,38,42)/t32-/m0/s1. The van der Waals surface area contributed by atoms with Gasteiger partial charge in [-0.05, 0) is 59.5 Å². The molecular weight excluding hydrogens is 636 g/mol. The molecule has 0 radical (unpaired) electrons. The lowest BCUT2D eigenvalue weighted by Crippen LogP contribution is -2.53. The van der Waals surface area contributed by atoms with Crippen LogP contribution in [-0.2, 0) is 32.6 Å². The average Bonchev–Trinajstić information content (AvgIpc) is 3.03. The first-order valence-electron chi connectivity index (χ1n) is 14.3. The van der Waals surface area contributed by atoms with Gasteiger partial charge >= 0.3 is 0 Å². The Morgan fingerprint density at radius 2 is 1.44 bits per heavy atom. The molecule has 1 N–H and O–H groups in total. The van der Waals surface area contributed by atoms with E-state index >= 15 is 0 Å². The fourth-order valence-corrected chi connectivity index (χ4v) is 6.37. The van der Waals surface area contributed by atoms with Crippen molar-refractivity contribution < 1.29 is 22.4 Å². The van der Waals surface area contributed by atoms with Crippen LogP contribution >= 0.6 is 23.2 Å². The molecule has 0 unspecified atom stereocenters. The van der Waals surface area contributed by atoms with Crippen LogP contribution in [0, 0.1) is 11.7 Å². The van der Waals surface area contributed by atoms with E-state index in [0.29, 0.717) is 12.1 Å². The molecule has 2 amide bonds. The van der Waals surface area contributed by atoms with Crippen LogP contribution in [0.4, 0.5) is 10.1 Å². The van der Waals surface area contributed by atoms with Gasteiger partial charge in [-0.1, -0.05) is 97.7 Å². The van der Waals surface area contributed by atoms with Crippen molar-refractivity contribution in [1.29, 1.82) is 0 Å². The largest absolute Gasteiger partial charge is 0.354 e. The van der Waals surface area contributed by atoms with E-state index in [4.69, 9.17) is 23.2 Å². The number of nitrogens with one attached hydrogen (secondary N) is 1. The highest BCUT2D eigenvalue weighted by Gasteiger charge is 2.34. The van der Waals surface area contributed by atoms with Crippen molar-refractivity contribution in [1.82, 2.24) is 10.2 Å². The molecule has 0 aliphatic heterocycles. The zero-order valence-corrected chi connectivity index (χ0v) is 27.2. The van der Waals surface area contributed by atoms with Crippen LogP contribution in [0.25, 0.3) is 0 Å². The maximum atomic E-state index is 14.4. The van der Waals surface area contributed by atoms with E-state index in [1.807, 2.05) is 44.2 Å². The maximum Gasteiger partial charge on any atom is 0.264 e. The molecule has 11 heteroatoms. The molecule has 4 aromatic rings. The van der Waals surface area contributed by atoms with Crippen molar-refractivity contribution in [2.75, 3.05) is 17.4 Å². The van der Waals surface area contributed by atoms with Crippen LogP contribution in [0.2, 0.25) is 10.0 Å². The number of rotatable bonds is 13. The number of carbonyl (C=O) groups excluding carboxylic acids is 2. The highest BCUT2D eigenvalue weighted by Crippen LogP contribution is 2.31. The van der Waals surface area contributed by atoms with Gasteiger partial charge in [0.1, 0.15) is 18.4 Å². The quantitative estimate of drug-likeness (QED) is 0.171. The van der Waals surface area contributed by atoms with Crippen molar-refractivity contribution in [2.24, 2.45) is 5.92 Å². The number of halogens is 3. The van der Waals surface area contributed by atoms with E-state index in [1.54, 1.807) is 18.2 Å². The molecule has 4 aromatic carbocycles. The molecule has 0 spiro atoms. The van der Waals surface area contributed by atoms with Crippen LogP contribution in [0.3, 0.4) is 0 Å². The van der Waals surface area contributed by atoms with Crippen LogP contribution < -0.4 is 9.62 Å². The van der Waals surface area contributed by atoms with Gasteiger partial charge in [0.15, 0.2) is 0 Å². The van der Waals surface area contributed by atoms with Crippen molar-refractivity contribution in [3.63, 3.8) is 0 Å². The molecule has 4 rings (SSSR count). The van der Waals surface area contributed by atoms with Gasteiger partial charge in [-0.15, -0.1) is 0 Å². The summed E-state index contributed by atoms with van der Waals surface area (Å²) in [7, 11) is -4.28. The topological polar surface area (TPSA) is 86.8 Å². The van der Waals surface area contributed by atoms with E-state index in [-0.39, 0.29) is 39.5 Å². The summed E-state index contributed by atoms with van der Waals surface area (Å²) in [5.41, 5.74) is 1.48. The number of hydrogen-bond acceptors (Lipinski definition) is 4. The third-order valence-electron chi connectivity index (χ3n) is 7.02.